The second-order valence-corrected chi connectivity index (χ2v) is 4.23. The zero-order valence-electron chi connectivity index (χ0n) is 11.4. The van der Waals surface area contributed by atoms with Crippen LogP contribution in [-0.2, 0) is 28.7 Å². The van der Waals surface area contributed by atoms with E-state index < -0.39 is 42.3 Å². The molecule has 8 heteroatoms. The second-order valence-electron chi connectivity index (χ2n) is 4.23. The Morgan fingerprint density at radius 3 is 2.20 bits per heavy atom. The second kappa shape index (κ2) is 8.26. The zero-order chi connectivity index (χ0) is 15.8. The van der Waals surface area contributed by atoms with Crippen LogP contribution in [0, 0.1) is 0 Å². The molecular formula is C12H18O8. The molecule has 0 aromatic carbocycles. The first kappa shape index (κ1) is 18.0. The normalized spacial score (nSPS) is 13.2. The molecule has 1 atom stereocenters. The fourth-order valence-corrected chi connectivity index (χ4v) is 1.30. The van der Waals surface area contributed by atoms with Crippen molar-refractivity contribution < 1.29 is 38.9 Å². The van der Waals surface area contributed by atoms with Crippen molar-refractivity contribution in [3.63, 3.8) is 0 Å². The molecule has 1 unspecified atom stereocenters. The number of carbonyl (C=O) groups is 4. The van der Waals surface area contributed by atoms with Crippen molar-refractivity contribution in [3.8, 4) is 0 Å². The highest BCUT2D eigenvalue weighted by Gasteiger charge is 2.43. The van der Waals surface area contributed by atoms with Gasteiger partial charge < -0.3 is 19.7 Å². The molecule has 0 fully saturated rings. The summed E-state index contributed by atoms with van der Waals surface area (Å²) in [5.74, 6) is -4.96. The van der Waals surface area contributed by atoms with Crippen LogP contribution in [0.15, 0.2) is 0 Å². The molecule has 0 radical (unpaired) electrons. The summed E-state index contributed by atoms with van der Waals surface area (Å²) in [7, 11) is 0. The minimum absolute atomic E-state index is 0.0975. The van der Waals surface area contributed by atoms with Crippen LogP contribution in [0.5, 0.6) is 0 Å². The lowest BCUT2D eigenvalue weighted by Gasteiger charge is -2.22. The number of aliphatic carboxylic acids is 1. The van der Waals surface area contributed by atoms with Crippen LogP contribution >= 0.6 is 0 Å². The van der Waals surface area contributed by atoms with Gasteiger partial charge in [0.15, 0.2) is 5.60 Å². The van der Waals surface area contributed by atoms with Crippen LogP contribution in [-0.4, -0.2) is 46.3 Å². The summed E-state index contributed by atoms with van der Waals surface area (Å²) in [6, 6.07) is 0. The fourth-order valence-electron chi connectivity index (χ4n) is 1.30. The summed E-state index contributed by atoms with van der Waals surface area (Å²) in [5, 5.41) is 18.6. The molecule has 20 heavy (non-hydrogen) atoms. The molecule has 0 aliphatic heterocycles. The maximum atomic E-state index is 11.5. The fraction of sp³-hybridized carbons (Fsp3) is 0.667. The van der Waals surface area contributed by atoms with E-state index in [1.807, 2.05) is 6.92 Å². The molecule has 2 N–H and O–H groups in total. The van der Waals surface area contributed by atoms with E-state index in [0.717, 1.165) is 13.3 Å². The third kappa shape index (κ3) is 6.83. The number of hydrogen-bond acceptors (Lipinski definition) is 7. The summed E-state index contributed by atoms with van der Waals surface area (Å²) in [6.45, 7) is 2.89. The number of carboxylic acids is 1. The zero-order valence-corrected chi connectivity index (χ0v) is 11.4. The lowest BCUT2D eigenvalue weighted by molar-refractivity contribution is -0.181. The molecule has 0 spiro atoms. The van der Waals surface area contributed by atoms with Crippen LogP contribution in [0.4, 0.5) is 0 Å². The molecule has 0 rings (SSSR count). The highest BCUT2D eigenvalue weighted by atomic mass is 16.6. The van der Waals surface area contributed by atoms with Crippen LogP contribution in [0.3, 0.4) is 0 Å². The topological polar surface area (TPSA) is 127 Å². The summed E-state index contributed by atoms with van der Waals surface area (Å²) < 4.78 is 8.87. The van der Waals surface area contributed by atoms with Crippen LogP contribution in [0.25, 0.3) is 0 Å². The van der Waals surface area contributed by atoms with Gasteiger partial charge >= 0.3 is 23.9 Å². The molecule has 0 amide bonds. The summed E-state index contributed by atoms with van der Waals surface area (Å²) in [4.78, 5) is 44.3. The molecule has 0 saturated carbocycles. The number of ether oxygens (including phenoxy) is 2. The highest BCUT2D eigenvalue weighted by molar-refractivity contribution is 5.94. The number of hydrogen-bond donors (Lipinski definition) is 2. The van der Waals surface area contributed by atoms with E-state index in [1.165, 1.54) is 0 Å². The standard InChI is InChI=1S/C12H18O8/c1-3-4-5-19-10(16)7-12(18,6-9(14)15)11(17)20-8(2)13/h18H,3-7H2,1-2H3,(H,14,15). The number of carbonyl (C=O) groups excluding carboxylic acids is 3. The number of unbranched alkanes of at least 4 members (excludes halogenated alkanes) is 1. The van der Waals surface area contributed by atoms with Crippen molar-refractivity contribution >= 4 is 23.9 Å². The van der Waals surface area contributed by atoms with E-state index in [2.05, 4.69) is 4.74 Å². The van der Waals surface area contributed by atoms with E-state index in [-0.39, 0.29) is 6.61 Å². The smallest absolute Gasteiger partial charge is 0.346 e. The Bertz CT molecular complexity index is 389. The van der Waals surface area contributed by atoms with E-state index >= 15 is 0 Å². The van der Waals surface area contributed by atoms with Gasteiger partial charge in [-0.15, -0.1) is 0 Å². The predicted octanol–water partition coefficient (Wildman–Crippen LogP) is 0.0153. The molecule has 114 valence electrons. The lowest BCUT2D eigenvalue weighted by Crippen LogP contribution is -2.45. The van der Waals surface area contributed by atoms with Gasteiger partial charge in [-0.2, -0.15) is 0 Å². The Kier molecular flexibility index (Phi) is 7.45. The monoisotopic (exact) mass is 290 g/mol. The quantitative estimate of drug-likeness (QED) is 0.363. The molecule has 0 aromatic heterocycles. The van der Waals surface area contributed by atoms with Crippen LogP contribution in [0.2, 0.25) is 0 Å². The average molecular weight is 290 g/mol. The first-order valence-electron chi connectivity index (χ1n) is 6.04. The van der Waals surface area contributed by atoms with Crippen molar-refractivity contribution in [2.75, 3.05) is 6.61 Å². The largest absolute Gasteiger partial charge is 0.481 e. The van der Waals surface area contributed by atoms with Gasteiger partial charge in [0, 0.05) is 6.92 Å². The summed E-state index contributed by atoms with van der Waals surface area (Å²) >= 11 is 0. The van der Waals surface area contributed by atoms with Crippen molar-refractivity contribution in [1.29, 1.82) is 0 Å². The molecule has 0 aromatic rings. The number of esters is 3. The average Bonchev–Trinajstić information content (AvgIpc) is 2.26. The van der Waals surface area contributed by atoms with Gasteiger partial charge in [-0.3, -0.25) is 14.4 Å². The number of carboxylic acid groups (broad SMARTS) is 1. The summed E-state index contributed by atoms with van der Waals surface area (Å²) in [6.07, 6.45) is -0.586. The molecule has 0 bridgehead atoms. The lowest BCUT2D eigenvalue weighted by atomic mass is 9.96. The maximum Gasteiger partial charge on any atom is 0.346 e. The molecule has 0 aliphatic carbocycles. The van der Waals surface area contributed by atoms with E-state index in [9.17, 15) is 24.3 Å². The third-order valence-corrected chi connectivity index (χ3v) is 2.26. The first-order valence-corrected chi connectivity index (χ1v) is 6.04. The minimum atomic E-state index is -2.62. The Balaban J connectivity index is 4.77. The maximum absolute atomic E-state index is 11.5. The predicted molar refractivity (Wildman–Crippen MR) is 64.5 cm³/mol. The first-order chi connectivity index (χ1) is 9.21. The Labute approximate surface area is 115 Å². The Hall–Kier alpha value is -1.96. The highest BCUT2D eigenvalue weighted by Crippen LogP contribution is 2.19. The van der Waals surface area contributed by atoms with Crippen molar-refractivity contribution in [2.24, 2.45) is 0 Å². The molecular weight excluding hydrogens is 272 g/mol. The number of aliphatic hydroxyl groups is 1. The third-order valence-electron chi connectivity index (χ3n) is 2.26. The van der Waals surface area contributed by atoms with Gasteiger partial charge in [0.1, 0.15) is 0 Å². The Morgan fingerprint density at radius 2 is 1.75 bits per heavy atom. The minimum Gasteiger partial charge on any atom is -0.481 e. The van der Waals surface area contributed by atoms with Crippen LogP contribution in [0.1, 0.15) is 39.5 Å². The van der Waals surface area contributed by atoms with Gasteiger partial charge in [-0.25, -0.2) is 4.79 Å². The van der Waals surface area contributed by atoms with E-state index in [0.29, 0.717) is 6.42 Å². The van der Waals surface area contributed by atoms with Gasteiger partial charge in [0.2, 0.25) is 0 Å². The van der Waals surface area contributed by atoms with Crippen LogP contribution < -0.4 is 0 Å². The SMILES string of the molecule is CCCCOC(=O)CC(O)(CC(=O)O)C(=O)OC(C)=O. The molecule has 0 aliphatic rings. The van der Waals surface area contributed by atoms with E-state index in [1.54, 1.807) is 0 Å². The van der Waals surface area contributed by atoms with Crippen molar-refractivity contribution in [3.05, 3.63) is 0 Å². The van der Waals surface area contributed by atoms with Gasteiger partial charge in [0.25, 0.3) is 0 Å². The van der Waals surface area contributed by atoms with Gasteiger partial charge in [-0.1, -0.05) is 13.3 Å². The Morgan fingerprint density at radius 1 is 1.15 bits per heavy atom. The van der Waals surface area contributed by atoms with Crippen molar-refractivity contribution in [1.82, 2.24) is 0 Å². The van der Waals surface area contributed by atoms with Gasteiger partial charge in [-0.05, 0) is 6.42 Å². The molecule has 0 saturated heterocycles. The van der Waals surface area contributed by atoms with Crippen molar-refractivity contribution in [2.45, 2.75) is 45.1 Å². The van der Waals surface area contributed by atoms with E-state index in [4.69, 9.17) is 9.84 Å². The number of rotatable bonds is 8. The van der Waals surface area contributed by atoms with Gasteiger partial charge in [0.05, 0.1) is 19.4 Å². The summed E-state index contributed by atoms with van der Waals surface area (Å²) in [5.41, 5.74) is -2.62. The molecule has 8 nitrogen and oxygen atoms in total. The molecule has 0 heterocycles.